The molecule has 2 heterocycles. The molecule has 1 aliphatic heterocycles. The van der Waals surface area contributed by atoms with E-state index in [-0.39, 0.29) is 18.2 Å². The highest BCUT2D eigenvalue weighted by Crippen LogP contribution is 2.25. The number of methoxy groups -OCH3 is 1. The summed E-state index contributed by atoms with van der Waals surface area (Å²) in [6, 6.07) is 21.1. The highest BCUT2D eigenvalue weighted by molar-refractivity contribution is 5.89. The summed E-state index contributed by atoms with van der Waals surface area (Å²) < 4.78 is 5.33. The van der Waals surface area contributed by atoms with Crippen LogP contribution in [0, 0.1) is 0 Å². The Bertz CT molecular complexity index is 1100. The molecule has 6 heteroatoms. The summed E-state index contributed by atoms with van der Waals surface area (Å²) in [6.45, 7) is 3.72. The van der Waals surface area contributed by atoms with Crippen LogP contribution in [0.2, 0.25) is 0 Å². The van der Waals surface area contributed by atoms with E-state index in [2.05, 4.69) is 17.1 Å². The van der Waals surface area contributed by atoms with Gasteiger partial charge in [0.15, 0.2) is 0 Å². The number of amides is 2. The number of aromatic nitrogens is 1. The van der Waals surface area contributed by atoms with Gasteiger partial charge in [-0.1, -0.05) is 42.5 Å². The Labute approximate surface area is 194 Å². The number of nitrogens with zero attached hydrogens (tertiary/aromatic N) is 3. The molecule has 2 amide bonds. The predicted molar refractivity (Wildman–Crippen MR) is 128 cm³/mol. The zero-order chi connectivity index (χ0) is 23.2. The van der Waals surface area contributed by atoms with E-state index in [0.29, 0.717) is 31.7 Å². The fourth-order valence-corrected chi connectivity index (χ4v) is 4.27. The average Bonchev–Trinajstić information content (AvgIpc) is 2.86. The third-order valence-electron chi connectivity index (χ3n) is 6.13. The van der Waals surface area contributed by atoms with E-state index >= 15 is 0 Å². The molecule has 0 saturated carbocycles. The lowest BCUT2D eigenvalue weighted by atomic mass is 9.97. The molecule has 1 saturated heterocycles. The van der Waals surface area contributed by atoms with Crippen molar-refractivity contribution in [3.63, 3.8) is 0 Å². The number of pyridine rings is 1. The number of hydrogen-bond donors (Lipinski definition) is 0. The minimum absolute atomic E-state index is 0.00925. The summed E-state index contributed by atoms with van der Waals surface area (Å²) in [4.78, 5) is 34.1. The fraction of sp³-hybridized carbons (Fsp3) is 0.296. The van der Waals surface area contributed by atoms with Crippen molar-refractivity contribution < 1.29 is 14.3 Å². The first kappa shape index (κ1) is 22.5. The van der Waals surface area contributed by atoms with Crippen LogP contribution in [0.4, 0.5) is 0 Å². The van der Waals surface area contributed by atoms with Crippen molar-refractivity contribution in [3.05, 3.63) is 84.2 Å². The first-order chi connectivity index (χ1) is 16.1. The number of carbonyl (C=O) groups excluding carboxylic acids is 2. The first-order valence-electron chi connectivity index (χ1n) is 11.3. The second-order valence-corrected chi connectivity index (χ2v) is 8.15. The number of hydrogen-bond acceptors (Lipinski definition) is 4. The monoisotopic (exact) mass is 443 g/mol. The maximum Gasteiger partial charge on any atom is 0.245 e. The minimum Gasteiger partial charge on any atom is -0.497 e. The van der Waals surface area contributed by atoms with Crippen molar-refractivity contribution in [2.24, 2.45) is 0 Å². The molecule has 0 aliphatic carbocycles. The van der Waals surface area contributed by atoms with Gasteiger partial charge in [-0.25, -0.2) is 0 Å². The Morgan fingerprint density at radius 1 is 1.03 bits per heavy atom. The Morgan fingerprint density at radius 2 is 1.85 bits per heavy atom. The molecule has 1 aromatic heterocycles. The maximum absolute atomic E-state index is 13.2. The van der Waals surface area contributed by atoms with Crippen LogP contribution in [0.15, 0.2) is 72.9 Å². The lowest BCUT2D eigenvalue weighted by Gasteiger charge is -2.40. The van der Waals surface area contributed by atoms with Crippen LogP contribution in [0.3, 0.4) is 0 Å². The minimum atomic E-state index is -0.502. The van der Waals surface area contributed by atoms with E-state index in [1.54, 1.807) is 18.2 Å². The molecule has 0 spiro atoms. The van der Waals surface area contributed by atoms with E-state index in [0.717, 1.165) is 22.4 Å². The number of benzene rings is 2. The highest BCUT2D eigenvalue weighted by atomic mass is 16.5. The van der Waals surface area contributed by atoms with E-state index < -0.39 is 6.04 Å². The van der Waals surface area contributed by atoms with Crippen LogP contribution < -0.4 is 4.74 Å². The lowest BCUT2D eigenvalue weighted by Crippen LogP contribution is -2.59. The Balaban J connectivity index is 1.53. The molecule has 6 nitrogen and oxygen atoms in total. The standard InChI is InChI=1S/C27H29N3O3/c1-3-29-15-16-30(26(31)19-23-8-4-5-14-28-23)25(27(29)32)17-20-10-12-21(13-11-20)22-7-6-9-24(18-22)33-2/h4-14,18,25H,3,15-17,19H2,1-2H3/t25-/m0/s1. The van der Waals surface area contributed by atoms with Gasteiger partial charge in [0.1, 0.15) is 11.8 Å². The molecular formula is C27H29N3O3. The molecule has 1 aliphatic rings. The van der Waals surface area contributed by atoms with Crippen molar-refractivity contribution in [1.29, 1.82) is 0 Å². The maximum atomic E-state index is 13.2. The Kier molecular flexibility index (Phi) is 7.03. The van der Waals surface area contributed by atoms with E-state index in [9.17, 15) is 9.59 Å². The molecule has 2 aromatic carbocycles. The number of rotatable bonds is 7. The summed E-state index contributed by atoms with van der Waals surface area (Å²) in [7, 11) is 1.66. The van der Waals surface area contributed by atoms with Gasteiger partial charge in [0.05, 0.1) is 13.5 Å². The van der Waals surface area contributed by atoms with Gasteiger partial charge in [-0.15, -0.1) is 0 Å². The zero-order valence-electron chi connectivity index (χ0n) is 19.1. The molecule has 0 bridgehead atoms. The molecule has 170 valence electrons. The second kappa shape index (κ2) is 10.3. The summed E-state index contributed by atoms with van der Waals surface area (Å²) in [6.07, 6.45) is 2.37. The Morgan fingerprint density at radius 3 is 2.55 bits per heavy atom. The molecular weight excluding hydrogens is 414 g/mol. The molecule has 0 unspecified atom stereocenters. The predicted octanol–water partition coefficient (Wildman–Crippen LogP) is 3.60. The number of piperazine rings is 1. The molecule has 33 heavy (non-hydrogen) atoms. The van der Waals surface area contributed by atoms with Crippen molar-refractivity contribution >= 4 is 11.8 Å². The smallest absolute Gasteiger partial charge is 0.245 e. The van der Waals surface area contributed by atoms with Crippen LogP contribution in [-0.4, -0.2) is 59.4 Å². The normalized spacial score (nSPS) is 16.1. The van der Waals surface area contributed by atoms with Crippen LogP contribution in [0.5, 0.6) is 5.75 Å². The number of ether oxygens (including phenoxy) is 1. The van der Waals surface area contributed by atoms with Gasteiger partial charge in [0.25, 0.3) is 0 Å². The number of carbonyl (C=O) groups is 2. The third kappa shape index (κ3) is 5.22. The van der Waals surface area contributed by atoms with Gasteiger partial charge in [-0.3, -0.25) is 14.6 Å². The van der Waals surface area contributed by atoms with Crippen molar-refractivity contribution in [3.8, 4) is 16.9 Å². The summed E-state index contributed by atoms with van der Waals surface area (Å²) >= 11 is 0. The van der Waals surface area contributed by atoms with Gasteiger partial charge >= 0.3 is 0 Å². The van der Waals surface area contributed by atoms with Crippen molar-refractivity contribution in [2.75, 3.05) is 26.7 Å². The van der Waals surface area contributed by atoms with Crippen LogP contribution in [-0.2, 0) is 22.4 Å². The topological polar surface area (TPSA) is 62.7 Å². The molecule has 3 aromatic rings. The highest BCUT2D eigenvalue weighted by Gasteiger charge is 2.36. The molecule has 1 atom stereocenters. The first-order valence-corrected chi connectivity index (χ1v) is 11.3. The van der Waals surface area contributed by atoms with Gasteiger partial charge in [0.2, 0.25) is 11.8 Å². The lowest BCUT2D eigenvalue weighted by molar-refractivity contribution is -0.150. The van der Waals surface area contributed by atoms with Crippen molar-refractivity contribution in [1.82, 2.24) is 14.8 Å². The van der Waals surface area contributed by atoms with E-state index in [4.69, 9.17) is 4.74 Å². The second-order valence-electron chi connectivity index (χ2n) is 8.15. The van der Waals surface area contributed by atoms with E-state index in [1.807, 2.05) is 66.4 Å². The molecule has 0 radical (unpaired) electrons. The number of likely N-dealkylation sites (N-methyl/N-ethyl adjacent to an activating group) is 1. The van der Waals surface area contributed by atoms with Crippen molar-refractivity contribution in [2.45, 2.75) is 25.8 Å². The van der Waals surface area contributed by atoms with E-state index in [1.165, 1.54) is 0 Å². The van der Waals surface area contributed by atoms with Gasteiger partial charge in [-0.2, -0.15) is 0 Å². The largest absolute Gasteiger partial charge is 0.497 e. The van der Waals surface area contributed by atoms with Gasteiger partial charge in [0, 0.05) is 37.9 Å². The molecule has 0 N–H and O–H groups in total. The van der Waals surface area contributed by atoms with Crippen LogP contribution >= 0.6 is 0 Å². The quantitative estimate of drug-likeness (QED) is 0.560. The average molecular weight is 444 g/mol. The van der Waals surface area contributed by atoms with Crippen LogP contribution in [0.1, 0.15) is 18.2 Å². The molecule has 4 rings (SSSR count). The van der Waals surface area contributed by atoms with Gasteiger partial charge in [-0.05, 0) is 47.9 Å². The summed E-state index contributed by atoms with van der Waals surface area (Å²) in [5, 5.41) is 0. The zero-order valence-corrected chi connectivity index (χ0v) is 19.1. The fourth-order valence-electron chi connectivity index (χ4n) is 4.27. The summed E-state index contributed by atoms with van der Waals surface area (Å²) in [5.41, 5.74) is 3.88. The third-order valence-corrected chi connectivity index (χ3v) is 6.13. The molecule has 1 fully saturated rings. The summed E-state index contributed by atoms with van der Waals surface area (Å²) in [5.74, 6) is 0.761. The van der Waals surface area contributed by atoms with Crippen LogP contribution in [0.25, 0.3) is 11.1 Å². The van der Waals surface area contributed by atoms with Gasteiger partial charge < -0.3 is 14.5 Å². The Hall–Kier alpha value is -3.67. The SMILES string of the molecule is CCN1CCN(C(=O)Cc2ccccn2)[C@@H](Cc2ccc(-c3cccc(OC)c3)cc2)C1=O.